The summed E-state index contributed by atoms with van der Waals surface area (Å²) in [5.41, 5.74) is -0.491. The number of amides is 1. The molecule has 2 aromatic carbocycles. The molecule has 0 saturated carbocycles. The van der Waals surface area contributed by atoms with E-state index in [1.807, 2.05) is 11.8 Å². The lowest BCUT2D eigenvalue weighted by Gasteiger charge is -2.40. The molecule has 1 N–H and O–H groups in total. The highest BCUT2D eigenvalue weighted by Crippen LogP contribution is 2.30. The third-order valence-corrected chi connectivity index (χ3v) is 5.76. The lowest BCUT2D eigenvalue weighted by Crippen LogP contribution is -2.54. The summed E-state index contributed by atoms with van der Waals surface area (Å²) < 4.78 is 57.7. The van der Waals surface area contributed by atoms with Gasteiger partial charge in [0.05, 0.1) is 12.0 Å². The van der Waals surface area contributed by atoms with E-state index in [0.717, 1.165) is 12.1 Å². The van der Waals surface area contributed by atoms with Crippen molar-refractivity contribution in [2.75, 3.05) is 26.2 Å². The standard InChI is InChI=1S/C23H23ClF4N2O4/c1-14-11-29(12-16-8-18(24)4-5-20(16)34-13-22(32)33)6-7-30(14)21(31)9-15-2-3-17(10-19(15)25)23(26,27)28/h2-5,8,10,14H,6-7,9,11-13H2,1H3,(H,32,33). The maximum absolute atomic E-state index is 14.2. The van der Waals surface area contributed by atoms with Gasteiger partial charge in [0.15, 0.2) is 6.61 Å². The van der Waals surface area contributed by atoms with Gasteiger partial charge in [0.2, 0.25) is 5.91 Å². The number of carboxylic acids is 1. The molecular weight excluding hydrogens is 480 g/mol. The molecule has 1 aliphatic heterocycles. The van der Waals surface area contributed by atoms with E-state index in [9.17, 15) is 27.2 Å². The Kier molecular flexibility index (Phi) is 8.04. The van der Waals surface area contributed by atoms with Crippen LogP contribution in [0.2, 0.25) is 5.02 Å². The fourth-order valence-electron chi connectivity index (χ4n) is 3.87. The van der Waals surface area contributed by atoms with Crippen LogP contribution in [0.15, 0.2) is 36.4 Å². The largest absolute Gasteiger partial charge is 0.482 e. The number of halogens is 5. The molecule has 11 heteroatoms. The van der Waals surface area contributed by atoms with Gasteiger partial charge >= 0.3 is 12.1 Å². The van der Waals surface area contributed by atoms with Crippen molar-refractivity contribution in [3.63, 3.8) is 0 Å². The van der Waals surface area contributed by atoms with Gasteiger partial charge in [0.1, 0.15) is 11.6 Å². The van der Waals surface area contributed by atoms with Crippen molar-refractivity contribution >= 4 is 23.5 Å². The van der Waals surface area contributed by atoms with Gasteiger partial charge in [-0.15, -0.1) is 0 Å². The number of hydrogen-bond acceptors (Lipinski definition) is 4. The molecule has 1 unspecified atom stereocenters. The smallest absolute Gasteiger partial charge is 0.416 e. The summed E-state index contributed by atoms with van der Waals surface area (Å²) in [4.78, 5) is 27.2. The van der Waals surface area contributed by atoms with Crippen LogP contribution in [-0.2, 0) is 28.7 Å². The number of rotatable bonds is 7. The second-order valence-electron chi connectivity index (χ2n) is 8.09. The SMILES string of the molecule is CC1CN(Cc2cc(Cl)ccc2OCC(=O)O)CCN1C(=O)Cc1ccc(C(F)(F)F)cc1F. The van der Waals surface area contributed by atoms with Gasteiger partial charge < -0.3 is 14.7 Å². The lowest BCUT2D eigenvalue weighted by molar-refractivity contribution is -0.139. The summed E-state index contributed by atoms with van der Waals surface area (Å²) in [6.07, 6.45) is -4.99. The van der Waals surface area contributed by atoms with Crippen LogP contribution < -0.4 is 4.74 Å². The van der Waals surface area contributed by atoms with Crippen molar-refractivity contribution < 1.29 is 37.0 Å². The molecule has 3 rings (SSSR count). The second-order valence-corrected chi connectivity index (χ2v) is 8.52. The molecule has 1 aliphatic rings. The van der Waals surface area contributed by atoms with E-state index in [4.69, 9.17) is 21.4 Å². The number of carbonyl (C=O) groups is 2. The number of carboxylic acid groups (broad SMARTS) is 1. The minimum atomic E-state index is -4.66. The molecule has 0 bridgehead atoms. The first-order valence-electron chi connectivity index (χ1n) is 10.4. The van der Waals surface area contributed by atoms with Crippen molar-refractivity contribution in [3.8, 4) is 5.75 Å². The zero-order chi connectivity index (χ0) is 25.0. The average molecular weight is 503 g/mol. The Morgan fingerprint density at radius 2 is 1.88 bits per heavy atom. The summed E-state index contributed by atoms with van der Waals surface area (Å²) >= 11 is 6.08. The van der Waals surface area contributed by atoms with Gasteiger partial charge in [-0.25, -0.2) is 9.18 Å². The topological polar surface area (TPSA) is 70.1 Å². The predicted octanol–water partition coefficient (Wildman–Crippen LogP) is 4.24. The van der Waals surface area contributed by atoms with Gasteiger partial charge in [-0.05, 0) is 42.8 Å². The van der Waals surface area contributed by atoms with E-state index in [-0.39, 0.29) is 23.9 Å². The van der Waals surface area contributed by atoms with Gasteiger partial charge in [-0.1, -0.05) is 17.7 Å². The molecular formula is C23H23ClF4N2O4. The van der Waals surface area contributed by atoms with E-state index >= 15 is 0 Å². The minimum absolute atomic E-state index is 0.0909. The van der Waals surface area contributed by atoms with Crippen LogP contribution in [0.1, 0.15) is 23.6 Å². The second kappa shape index (κ2) is 10.6. The van der Waals surface area contributed by atoms with E-state index in [1.54, 1.807) is 23.1 Å². The first kappa shape index (κ1) is 25.8. The highest BCUT2D eigenvalue weighted by atomic mass is 35.5. The van der Waals surface area contributed by atoms with Crippen LogP contribution in [0.25, 0.3) is 0 Å². The van der Waals surface area contributed by atoms with E-state index in [1.165, 1.54) is 0 Å². The third kappa shape index (κ3) is 6.60. The first-order valence-corrected chi connectivity index (χ1v) is 10.8. The summed E-state index contributed by atoms with van der Waals surface area (Å²) in [5.74, 6) is -2.15. The quantitative estimate of drug-likeness (QED) is 0.574. The lowest BCUT2D eigenvalue weighted by atomic mass is 10.1. The highest BCUT2D eigenvalue weighted by Gasteiger charge is 2.32. The molecule has 1 amide bonds. The number of carbonyl (C=O) groups excluding carboxylic acids is 1. The fraction of sp³-hybridized carbons (Fsp3) is 0.391. The number of alkyl halides is 3. The van der Waals surface area contributed by atoms with Gasteiger partial charge in [-0.3, -0.25) is 9.69 Å². The number of nitrogens with zero attached hydrogens (tertiary/aromatic N) is 2. The Morgan fingerprint density at radius 1 is 1.15 bits per heavy atom. The van der Waals surface area contributed by atoms with Crippen molar-refractivity contribution in [1.29, 1.82) is 0 Å². The van der Waals surface area contributed by atoms with Gasteiger partial charge in [0.25, 0.3) is 0 Å². The molecule has 1 heterocycles. The van der Waals surface area contributed by atoms with Crippen molar-refractivity contribution in [3.05, 3.63) is 63.9 Å². The van der Waals surface area contributed by atoms with Crippen LogP contribution in [0.3, 0.4) is 0 Å². The van der Waals surface area contributed by atoms with Crippen LogP contribution in [0.4, 0.5) is 17.6 Å². The van der Waals surface area contributed by atoms with Gasteiger partial charge in [0, 0.05) is 42.8 Å². The first-order chi connectivity index (χ1) is 15.9. The molecule has 0 aliphatic carbocycles. The monoisotopic (exact) mass is 502 g/mol. The number of aliphatic carboxylic acids is 1. The Balaban J connectivity index is 1.62. The molecule has 1 fully saturated rings. The van der Waals surface area contributed by atoms with Crippen molar-refractivity contribution in [2.45, 2.75) is 32.1 Å². The molecule has 6 nitrogen and oxygen atoms in total. The Labute approximate surface area is 198 Å². The summed E-state index contributed by atoms with van der Waals surface area (Å²) in [7, 11) is 0. The number of ether oxygens (including phenoxy) is 1. The molecule has 0 radical (unpaired) electrons. The molecule has 1 saturated heterocycles. The van der Waals surface area contributed by atoms with Crippen molar-refractivity contribution in [1.82, 2.24) is 9.80 Å². The summed E-state index contributed by atoms with van der Waals surface area (Å²) in [6.45, 7) is 3.05. The fourth-order valence-corrected chi connectivity index (χ4v) is 4.07. The Morgan fingerprint density at radius 3 is 2.50 bits per heavy atom. The van der Waals surface area contributed by atoms with Crippen LogP contribution >= 0.6 is 11.6 Å². The molecule has 184 valence electrons. The zero-order valence-electron chi connectivity index (χ0n) is 18.2. The van der Waals surface area contributed by atoms with Crippen LogP contribution in [-0.4, -0.2) is 59.1 Å². The number of hydrogen-bond donors (Lipinski definition) is 1. The Bertz CT molecular complexity index is 1060. The van der Waals surface area contributed by atoms with Crippen LogP contribution in [0.5, 0.6) is 5.75 Å². The highest BCUT2D eigenvalue weighted by molar-refractivity contribution is 6.30. The summed E-state index contributed by atoms with van der Waals surface area (Å²) in [5, 5.41) is 9.33. The maximum atomic E-state index is 14.2. The van der Waals surface area contributed by atoms with Crippen LogP contribution in [0, 0.1) is 5.82 Å². The Hall–Kier alpha value is -2.85. The predicted molar refractivity (Wildman–Crippen MR) is 116 cm³/mol. The third-order valence-electron chi connectivity index (χ3n) is 5.52. The molecule has 1 atom stereocenters. The molecule has 0 aromatic heterocycles. The average Bonchev–Trinajstić information content (AvgIpc) is 2.73. The molecule has 2 aromatic rings. The number of piperazine rings is 1. The van der Waals surface area contributed by atoms with E-state index in [2.05, 4.69) is 0 Å². The van der Waals surface area contributed by atoms with E-state index < -0.39 is 30.1 Å². The number of benzene rings is 2. The molecule has 0 spiro atoms. The van der Waals surface area contributed by atoms with E-state index in [0.29, 0.717) is 48.6 Å². The minimum Gasteiger partial charge on any atom is -0.482 e. The summed E-state index contributed by atoms with van der Waals surface area (Å²) in [6, 6.07) is 6.82. The molecule has 34 heavy (non-hydrogen) atoms. The maximum Gasteiger partial charge on any atom is 0.416 e. The zero-order valence-corrected chi connectivity index (χ0v) is 19.0. The normalized spacial score (nSPS) is 17.0. The van der Waals surface area contributed by atoms with Crippen molar-refractivity contribution in [2.24, 2.45) is 0 Å². The van der Waals surface area contributed by atoms with Gasteiger partial charge in [-0.2, -0.15) is 13.2 Å².